The number of fused-ring (bicyclic) bond motifs is 2. The Labute approximate surface area is 156 Å². The number of imidazole rings is 1. The molecule has 27 heavy (non-hydrogen) atoms. The van der Waals surface area contributed by atoms with E-state index in [9.17, 15) is 4.79 Å². The number of benzene rings is 1. The maximum Gasteiger partial charge on any atom is 0.234 e. The molecular formula is C21H20N4O2. The minimum atomic E-state index is 0.0716. The van der Waals surface area contributed by atoms with Gasteiger partial charge in [-0.3, -0.25) is 9.20 Å². The highest BCUT2D eigenvalue weighted by Gasteiger charge is 2.23. The number of rotatable bonds is 3. The van der Waals surface area contributed by atoms with Crippen LogP contribution in [0.15, 0.2) is 36.8 Å². The molecule has 1 aromatic carbocycles. The third-order valence-electron chi connectivity index (χ3n) is 5.10. The third kappa shape index (κ3) is 3.02. The number of carbonyl (C=O) groups excluding carboxylic acids is 1. The zero-order valence-electron chi connectivity index (χ0n) is 15.1. The number of allylic oxidation sites excluding steroid dienone is 1. The van der Waals surface area contributed by atoms with Crippen molar-refractivity contribution >= 4 is 23.2 Å². The van der Waals surface area contributed by atoms with Gasteiger partial charge in [0.05, 0.1) is 5.69 Å². The van der Waals surface area contributed by atoms with Gasteiger partial charge >= 0.3 is 0 Å². The SMILES string of the molecule is Cc1cnc2nc(C3=Cc4ccc(O[C@@H]5CCNC5)cc4CC3=O)cn2c1. The lowest BCUT2D eigenvalue weighted by Gasteiger charge is -2.18. The van der Waals surface area contributed by atoms with E-state index in [2.05, 4.69) is 15.3 Å². The number of ketones is 1. The Hall–Kier alpha value is -2.99. The number of ether oxygens (including phenoxy) is 1. The molecule has 5 rings (SSSR count). The summed E-state index contributed by atoms with van der Waals surface area (Å²) in [6.07, 6.45) is 9.12. The largest absolute Gasteiger partial charge is 0.489 e. The number of carbonyl (C=O) groups is 1. The van der Waals surface area contributed by atoms with E-state index >= 15 is 0 Å². The molecule has 6 heteroatoms. The third-order valence-corrected chi connectivity index (χ3v) is 5.10. The van der Waals surface area contributed by atoms with E-state index in [1.807, 2.05) is 48.0 Å². The predicted octanol–water partition coefficient (Wildman–Crippen LogP) is 2.44. The van der Waals surface area contributed by atoms with Gasteiger partial charge in [0.15, 0.2) is 5.78 Å². The summed E-state index contributed by atoms with van der Waals surface area (Å²) in [7, 11) is 0. The summed E-state index contributed by atoms with van der Waals surface area (Å²) in [4.78, 5) is 21.6. The highest BCUT2D eigenvalue weighted by molar-refractivity contribution is 6.27. The highest BCUT2D eigenvalue weighted by Crippen LogP contribution is 2.30. The summed E-state index contributed by atoms with van der Waals surface area (Å²) in [6.45, 7) is 3.85. The average molecular weight is 360 g/mol. The Morgan fingerprint density at radius 3 is 3.07 bits per heavy atom. The first-order valence-electron chi connectivity index (χ1n) is 9.23. The van der Waals surface area contributed by atoms with Gasteiger partial charge in [-0.1, -0.05) is 6.07 Å². The number of hydrogen-bond donors (Lipinski definition) is 1. The van der Waals surface area contributed by atoms with E-state index in [4.69, 9.17) is 4.74 Å². The predicted molar refractivity (Wildman–Crippen MR) is 103 cm³/mol. The Morgan fingerprint density at radius 2 is 2.22 bits per heavy atom. The number of nitrogens with one attached hydrogen (secondary N) is 1. The molecule has 1 aliphatic heterocycles. The Kier molecular flexibility index (Phi) is 3.79. The molecule has 0 saturated carbocycles. The van der Waals surface area contributed by atoms with Crippen molar-refractivity contribution in [3.8, 4) is 5.75 Å². The van der Waals surface area contributed by atoms with E-state index in [1.165, 1.54) is 0 Å². The van der Waals surface area contributed by atoms with Crippen LogP contribution in [0.2, 0.25) is 0 Å². The van der Waals surface area contributed by atoms with Gasteiger partial charge in [0.1, 0.15) is 11.9 Å². The molecule has 0 radical (unpaired) electrons. The fourth-order valence-corrected chi connectivity index (χ4v) is 3.71. The van der Waals surface area contributed by atoms with Crippen LogP contribution in [-0.2, 0) is 11.2 Å². The molecule has 136 valence electrons. The lowest BCUT2D eigenvalue weighted by Crippen LogP contribution is -2.20. The molecule has 3 aromatic rings. The number of hydrogen-bond acceptors (Lipinski definition) is 5. The lowest BCUT2D eigenvalue weighted by atomic mass is 9.90. The van der Waals surface area contributed by atoms with E-state index in [1.54, 1.807) is 6.20 Å². The molecular weight excluding hydrogens is 340 g/mol. The van der Waals surface area contributed by atoms with Crippen LogP contribution in [-0.4, -0.2) is 39.3 Å². The van der Waals surface area contributed by atoms with Crippen molar-refractivity contribution in [2.45, 2.75) is 25.9 Å². The molecule has 6 nitrogen and oxygen atoms in total. The van der Waals surface area contributed by atoms with Crippen LogP contribution in [0.25, 0.3) is 17.4 Å². The second-order valence-corrected chi connectivity index (χ2v) is 7.22. The van der Waals surface area contributed by atoms with Gasteiger partial charge in [-0.05, 0) is 54.8 Å². The molecule has 1 aliphatic carbocycles. The summed E-state index contributed by atoms with van der Waals surface area (Å²) in [5.74, 6) is 1.51. The molecule has 1 N–H and O–H groups in total. The van der Waals surface area contributed by atoms with Crippen LogP contribution in [0, 0.1) is 6.92 Å². The first kappa shape index (κ1) is 16.2. The van der Waals surface area contributed by atoms with Crippen LogP contribution < -0.4 is 10.1 Å². The molecule has 1 saturated heterocycles. The van der Waals surface area contributed by atoms with Gasteiger partial charge in [0.2, 0.25) is 5.78 Å². The van der Waals surface area contributed by atoms with Crippen LogP contribution in [0.5, 0.6) is 5.75 Å². The molecule has 0 bridgehead atoms. The Balaban J connectivity index is 1.48. The molecule has 3 heterocycles. The second kappa shape index (κ2) is 6.32. The summed E-state index contributed by atoms with van der Waals surface area (Å²) >= 11 is 0. The fraction of sp³-hybridized carbons (Fsp3) is 0.286. The maximum atomic E-state index is 12.8. The van der Waals surface area contributed by atoms with Crippen molar-refractivity contribution in [3.63, 3.8) is 0 Å². The minimum Gasteiger partial charge on any atom is -0.489 e. The quantitative estimate of drug-likeness (QED) is 0.777. The molecule has 2 aromatic heterocycles. The zero-order chi connectivity index (χ0) is 18.4. The van der Waals surface area contributed by atoms with Gasteiger partial charge in [-0.15, -0.1) is 0 Å². The van der Waals surface area contributed by atoms with Gasteiger partial charge < -0.3 is 10.1 Å². The maximum absolute atomic E-state index is 12.8. The van der Waals surface area contributed by atoms with Crippen LogP contribution in [0.3, 0.4) is 0 Å². The van der Waals surface area contributed by atoms with Gasteiger partial charge in [0, 0.05) is 37.1 Å². The molecule has 1 fully saturated rings. The van der Waals surface area contributed by atoms with Crippen molar-refractivity contribution in [2.24, 2.45) is 0 Å². The van der Waals surface area contributed by atoms with Gasteiger partial charge in [-0.2, -0.15) is 0 Å². The number of Topliss-reactive ketones (excluding diaryl/α,β-unsaturated/α-hetero) is 1. The van der Waals surface area contributed by atoms with Crippen molar-refractivity contribution < 1.29 is 9.53 Å². The number of aryl methyl sites for hydroxylation is 1. The molecule has 0 spiro atoms. The van der Waals surface area contributed by atoms with Crippen molar-refractivity contribution in [2.75, 3.05) is 13.1 Å². The molecule has 2 aliphatic rings. The van der Waals surface area contributed by atoms with Gasteiger partial charge in [0.25, 0.3) is 0 Å². The van der Waals surface area contributed by atoms with E-state index < -0.39 is 0 Å². The fourth-order valence-electron chi connectivity index (χ4n) is 3.71. The van der Waals surface area contributed by atoms with Crippen molar-refractivity contribution in [1.29, 1.82) is 0 Å². The summed E-state index contributed by atoms with van der Waals surface area (Å²) in [6, 6.07) is 6.00. The van der Waals surface area contributed by atoms with Gasteiger partial charge in [-0.25, -0.2) is 9.97 Å². The van der Waals surface area contributed by atoms with Crippen molar-refractivity contribution in [1.82, 2.24) is 19.7 Å². The topological polar surface area (TPSA) is 68.5 Å². The normalized spacial score (nSPS) is 19.2. The zero-order valence-corrected chi connectivity index (χ0v) is 15.1. The van der Waals surface area contributed by atoms with Crippen LogP contribution >= 0.6 is 0 Å². The van der Waals surface area contributed by atoms with Crippen molar-refractivity contribution in [3.05, 3.63) is 59.2 Å². The highest BCUT2D eigenvalue weighted by atomic mass is 16.5. The Morgan fingerprint density at radius 1 is 1.30 bits per heavy atom. The monoisotopic (exact) mass is 360 g/mol. The molecule has 0 amide bonds. The molecule has 0 unspecified atom stereocenters. The standard InChI is InChI=1S/C21H20N4O2/c1-13-9-23-21-24-19(12-25(21)11-13)18-7-14-2-3-16(6-15(14)8-20(18)26)27-17-4-5-22-10-17/h2-3,6-7,9,11-12,17,22H,4-5,8,10H2,1H3/t17-/m1/s1. The average Bonchev–Trinajstić information content (AvgIpc) is 3.30. The summed E-state index contributed by atoms with van der Waals surface area (Å²) in [5.41, 5.74) is 4.40. The van der Waals surface area contributed by atoms with Crippen LogP contribution in [0.1, 0.15) is 28.8 Å². The van der Waals surface area contributed by atoms with E-state index in [-0.39, 0.29) is 11.9 Å². The Bertz CT molecular complexity index is 1080. The first-order valence-corrected chi connectivity index (χ1v) is 9.23. The smallest absolute Gasteiger partial charge is 0.234 e. The summed E-state index contributed by atoms with van der Waals surface area (Å²) in [5, 5.41) is 3.30. The summed E-state index contributed by atoms with van der Waals surface area (Å²) < 4.78 is 7.88. The number of aromatic nitrogens is 3. The second-order valence-electron chi connectivity index (χ2n) is 7.22. The molecule has 1 atom stereocenters. The van der Waals surface area contributed by atoms with Crippen LogP contribution in [0.4, 0.5) is 0 Å². The van der Waals surface area contributed by atoms with E-state index in [0.717, 1.165) is 42.0 Å². The number of nitrogens with zero attached hydrogens (tertiary/aromatic N) is 3. The minimum absolute atomic E-state index is 0.0716. The van der Waals surface area contributed by atoms with E-state index in [0.29, 0.717) is 23.5 Å². The lowest BCUT2D eigenvalue weighted by molar-refractivity contribution is -0.113. The first-order chi connectivity index (χ1) is 13.2.